The molecule has 0 spiro atoms. The highest BCUT2D eigenvalue weighted by Gasteiger charge is 2.54. The molecular formula is C9H18ClO3P. The van der Waals surface area contributed by atoms with Crippen molar-refractivity contribution in [3.05, 3.63) is 0 Å². The maximum Gasteiger partial charge on any atom is 0.425 e. The highest BCUT2D eigenvalue weighted by atomic mass is 35.7. The van der Waals surface area contributed by atoms with Gasteiger partial charge in [-0.05, 0) is 20.3 Å². The largest absolute Gasteiger partial charge is 0.425 e. The number of halogens is 1. The Morgan fingerprint density at radius 2 is 1.93 bits per heavy atom. The van der Waals surface area contributed by atoms with Crippen molar-refractivity contribution in [2.24, 2.45) is 5.41 Å². The summed E-state index contributed by atoms with van der Waals surface area (Å²) >= 11 is 5.67. The first kappa shape index (κ1) is 12.5. The smallest absolute Gasteiger partial charge is 0.293 e. The minimum atomic E-state index is -3.39. The second-order valence-corrected chi connectivity index (χ2v) is 7.07. The van der Waals surface area contributed by atoms with Crippen molar-refractivity contribution in [2.75, 3.05) is 0 Å². The predicted molar refractivity (Wildman–Crippen MR) is 57.6 cm³/mol. The van der Waals surface area contributed by atoms with Crippen LogP contribution in [0.2, 0.25) is 0 Å². The lowest BCUT2D eigenvalue weighted by molar-refractivity contribution is -0.128. The van der Waals surface area contributed by atoms with E-state index < -0.39 is 12.5 Å². The van der Waals surface area contributed by atoms with Crippen LogP contribution in [0.1, 0.15) is 41.0 Å². The molecule has 3 atom stereocenters. The van der Waals surface area contributed by atoms with Crippen molar-refractivity contribution in [3.8, 4) is 0 Å². The monoisotopic (exact) mass is 240 g/mol. The van der Waals surface area contributed by atoms with Crippen LogP contribution < -0.4 is 0 Å². The summed E-state index contributed by atoms with van der Waals surface area (Å²) in [6.45, 7) is 6.50. The summed E-state index contributed by atoms with van der Waals surface area (Å²) < 4.78 is 22.2. The number of rotatable bonds is 1. The zero-order valence-electron chi connectivity index (χ0n) is 9.33. The van der Waals surface area contributed by atoms with Crippen LogP contribution in [0, 0.1) is 5.41 Å². The molecule has 0 radical (unpaired) electrons. The van der Waals surface area contributed by atoms with Gasteiger partial charge in [0.2, 0.25) is 0 Å². The fourth-order valence-electron chi connectivity index (χ4n) is 1.65. The zero-order chi connectivity index (χ0) is 11.2. The van der Waals surface area contributed by atoms with Gasteiger partial charge in [-0.15, -0.1) is 0 Å². The van der Waals surface area contributed by atoms with E-state index in [1.54, 1.807) is 0 Å². The first-order valence-corrected chi connectivity index (χ1v) is 7.28. The Kier molecular flexibility index (Phi) is 3.11. The van der Waals surface area contributed by atoms with Gasteiger partial charge in [-0.1, -0.05) is 20.8 Å². The van der Waals surface area contributed by atoms with Gasteiger partial charge in [0.25, 0.3) is 0 Å². The Hall–Kier alpha value is 0.440. The number of hydrogen-bond donors (Lipinski definition) is 0. The van der Waals surface area contributed by atoms with Gasteiger partial charge in [0.15, 0.2) is 0 Å². The molecule has 1 fully saturated rings. The van der Waals surface area contributed by atoms with E-state index >= 15 is 0 Å². The maximum absolute atomic E-state index is 11.6. The van der Waals surface area contributed by atoms with Gasteiger partial charge in [-0.3, -0.25) is 9.05 Å². The molecule has 3 unspecified atom stereocenters. The van der Waals surface area contributed by atoms with Crippen LogP contribution in [0.15, 0.2) is 0 Å². The Labute approximate surface area is 90.4 Å². The van der Waals surface area contributed by atoms with E-state index in [-0.39, 0.29) is 11.5 Å². The van der Waals surface area contributed by atoms with E-state index in [0.29, 0.717) is 0 Å². The summed E-state index contributed by atoms with van der Waals surface area (Å²) in [5.41, 5.74) is -0.702. The summed E-state index contributed by atoms with van der Waals surface area (Å²) in [7, 11) is 0. The molecule has 3 nitrogen and oxygen atoms in total. The fraction of sp³-hybridized carbons (Fsp3) is 1.00. The third-order valence-corrected chi connectivity index (χ3v) is 5.28. The summed E-state index contributed by atoms with van der Waals surface area (Å²) in [5.74, 6) is 0. The van der Waals surface area contributed by atoms with Crippen molar-refractivity contribution >= 4 is 18.2 Å². The first-order chi connectivity index (χ1) is 6.15. The molecule has 0 aromatic heterocycles. The van der Waals surface area contributed by atoms with Gasteiger partial charge >= 0.3 is 6.95 Å². The van der Waals surface area contributed by atoms with Crippen molar-refractivity contribution in [1.82, 2.24) is 0 Å². The van der Waals surface area contributed by atoms with Crippen LogP contribution >= 0.6 is 18.2 Å². The Balaban J connectivity index is 3.08. The topological polar surface area (TPSA) is 35.5 Å². The predicted octanol–water partition coefficient (Wildman–Crippen LogP) is 3.96. The third-order valence-electron chi connectivity index (χ3n) is 3.65. The Morgan fingerprint density at radius 1 is 1.43 bits per heavy atom. The Bertz CT molecular complexity index is 279. The third kappa shape index (κ3) is 1.88. The second kappa shape index (κ2) is 3.48. The van der Waals surface area contributed by atoms with E-state index in [1.807, 2.05) is 34.6 Å². The van der Waals surface area contributed by atoms with E-state index in [9.17, 15) is 4.57 Å². The SMILES string of the molecule is CCC1(C)OP(=O)(Cl)OC(C)C1(C)C. The van der Waals surface area contributed by atoms with Crippen LogP contribution in [-0.2, 0) is 13.6 Å². The second-order valence-electron chi connectivity index (χ2n) is 4.58. The molecule has 84 valence electrons. The van der Waals surface area contributed by atoms with Gasteiger partial charge < -0.3 is 0 Å². The van der Waals surface area contributed by atoms with Crippen molar-refractivity contribution < 1.29 is 13.6 Å². The van der Waals surface area contributed by atoms with E-state index in [1.165, 1.54) is 0 Å². The van der Waals surface area contributed by atoms with Crippen molar-refractivity contribution in [1.29, 1.82) is 0 Å². The van der Waals surface area contributed by atoms with Gasteiger partial charge in [-0.25, -0.2) is 4.57 Å². The average Bonchev–Trinajstić information content (AvgIpc) is 2.00. The van der Waals surface area contributed by atoms with Gasteiger partial charge in [0.05, 0.1) is 11.7 Å². The quantitative estimate of drug-likeness (QED) is 0.651. The fourth-order valence-corrected chi connectivity index (χ4v) is 4.00. The standard InChI is InChI=1S/C9H18ClO3P/c1-6-9(5)8(3,4)7(2)12-14(10,11)13-9/h7H,6H2,1-5H3. The zero-order valence-corrected chi connectivity index (χ0v) is 11.0. The van der Waals surface area contributed by atoms with Crippen LogP contribution in [0.25, 0.3) is 0 Å². The molecule has 0 saturated carbocycles. The van der Waals surface area contributed by atoms with E-state index in [0.717, 1.165) is 6.42 Å². The number of hydrogen-bond acceptors (Lipinski definition) is 3. The molecule has 0 aromatic carbocycles. The molecule has 14 heavy (non-hydrogen) atoms. The lowest BCUT2D eigenvalue weighted by Gasteiger charge is -2.51. The normalized spacial score (nSPS) is 47.7. The summed E-state index contributed by atoms with van der Waals surface area (Å²) in [6, 6.07) is 0. The van der Waals surface area contributed by atoms with Crippen molar-refractivity contribution in [3.63, 3.8) is 0 Å². The molecule has 0 aromatic rings. The minimum absolute atomic E-state index is 0.176. The summed E-state index contributed by atoms with van der Waals surface area (Å²) in [6.07, 6.45) is 0.578. The molecule has 0 bridgehead atoms. The summed E-state index contributed by atoms with van der Waals surface area (Å²) in [4.78, 5) is 0. The molecule has 1 heterocycles. The lowest BCUT2D eigenvalue weighted by Crippen LogP contribution is -2.52. The lowest BCUT2D eigenvalue weighted by atomic mass is 9.71. The molecule has 0 N–H and O–H groups in total. The molecule has 5 heteroatoms. The minimum Gasteiger partial charge on any atom is -0.293 e. The first-order valence-electron chi connectivity index (χ1n) is 4.83. The molecular weight excluding hydrogens is 223 g/mol. The molecule has 1 saturated heterocycles. The van der Waals surface area contributed by atoms with E-state index in [2.05, 4.69) is 0 Å². The molecule has 1 rings (SSSR count). The van der Waals surface area contributed by atoms with Gasteiger partial charge in [-0.2, -0.15) is 0 Å². The van der Waals surface area contributed by atoms with Gasteiger partial charge in [0, 0.05) is 16.7 Å². The molecule has 1 aliphatic heterocycles. The van der Waals surface area contributed by atoms with Crippen LogP contribution in [0.4, 0.5) is 0 Å². The van der Waals surface area contributed by atoms with Crippen LogP contribution in [0.5, 0.6) is 0 Å². The van der Waals surface area contributed by atoms with Crippen molar-refractivity contribution in [2.45, 2.75) is 52.7 Å². The maximum atomic E-state index is 11.6. The molecule has 1 aliphatic rings. The Morgan fingerprint density at radius 3 is 2.36 bits per heavy atom. The van der Waals surface area contributed by atoms with Gasteiger partial charge in [0.1, 0.15) is 0 Å². The molecule has 0 aliphatic carbocycles. The average molecular weight is 241 g/mol. The summed E-state index contributed by atoms with van der Waals surface area (Å²) in [5, 5.41) is 0. The highest BCUT2D eigenvalue weighted by molar-refractivity contribution is 7.81. The van der Waals surface area contributed by atoms with Crippen LogP contribution in [0.3, 0.4) is 0 Å². The highest BCUT2D eigenvalue weighted by Crippen LogP contribution is 2.66. The molecule has 0 amide bonds. The van der Waals surface area contributed by atoms with Crippen LogP contribution in [-0.4, -0.2) is 11.7 Å². The van der Waals surface area contributed by atoms with E-state index in [4.69, 9.17) is 20.3 Å².